The van der Waals surface area contributed by atoms with E-state index in [1.165, 1.54) is 12.8 Å². The van der Waals surface area contributed by atoms with Crippen LogP contribution in [0.15, 0.2) is 9.59 Å². The van der Waals surface area contributed by atoms with Crippen molar-refractivity contribution >= 4 is 5.82 Å². The second-order valence-corrected chi connectivity index (χ2v) is 4.57. The molecule has 3 rings (SSSR count). The van der Waals surface area contributed by atoms with Crippen LogP contribution in [0.5, 0.6) is 0 Å². The Morgan fingerprint density at radius 2 is 2.12 bits per heavy atom. The minimum Gasteiger partial charge on any atom is -0.376 e. The van der Waals surface area contributed by atoms with Crippen LogP contribution >= 0.6 is 0 Å². The highest BCUT2D eigenvalue weighted by molar-refractivity contribution is 5.31. The molecule has 1 aromatic heterocycles. The second-order valence-electron chi connectivity index (χ2n) is 4.57. The van der Waals surface area contributed by atoms with Gasteiger partial charge in [0.15, 0.2) is 0 Å². The lowest BCUT2D eigenvalue weighted by atomic mass is 10.1. The molecule has 2 aliphatic rings. The quantitative estimate of drug-likeness (QED) is 0.655. The number of nitrogens with zero attached hydrogens (tertiary/aromatic N) is 1. The SMILES string of the molecule is O=c1[nH]nc(NC2CCOC2C2CC2)c(=O)[nH]1. The predicted octanol–water partition coefficient (Wildman–Crippen LogP) is -0.562. The molecule has 7 heteroatoms. The Morgan fingerprint density at radius 1 is 1.29 bits per heavy atom. The first-order chi connectivity index (χ1) is 8.24. The first-order valence-corrected chi connectivity index (χ1v) is 5.81. The van der Waals surface area contributed by atoms with E-state index in [1.807, 2.05) is 0 Å². The van der Waals surface area contributed by atoms with Crippen molar-refractivity contribution in [1.82, 2.24) is 15.2 Å². The Hall–Kier alpha value is -1.63. The lowest BCUT2D eigenvalue weighted by Crippen LogP contribution is -2.35. The minimum atomic E-state index is -0.595. The van der Waals surface area contributed by atoms with E-state index < -0.39 is 11.2 Å². The molecule has 0 amide bonds. The molecule has 2 atom stereocenters. The van der Waals surface area contributed by atoms with Crippen molar-refractivity contribution in [2.75, 3.05) is 11.9 Å². The largest absolute Gasteiger partial charge is 0.376 e. The van der Waals surface area contributed by atoms with Crippen LogP contribution in [0.4, 0.5) is 5.82 Å². The van der Waals surface area contributed by atoms with E-state index in [-0.39, 0.29) is 18.0 Å². The Morgan fingerprint density at radius 3 is 2.82 bits per heavy atom. The van der Waals surface area contributed by atoms with Crippen LogP contribution in [0, 0.1) is 5.92 Å². The van der Waals surface area contributed by atoms with Gasteiger partial charge >= 0.3 is 5.69 Å². The van der Waals surface area contributed by atoms with Crippen LogP contribution < -0.4 is 16.6 Å². The molecular weight excluding hydrogens is 224 g/mol. The van der Waals surface area contributed by atoms with E-state index >= 15 is 0 Å². The number of aromatic nitrogens is 3. The first kappa shape index (κ1) is 10.5. The molecule has 0 spiro atoms. The van der Waals surface area contributed by atoms with Crippen LogP contribution in [0.2, 0.25) is 0 Å². The molecule has 0 radical (unpaired) electrons. The van der Waals surface area contributed by atoms with Gasteiger partial charge < -0.3 is 10.1 Å². The molecule has 1 aliphatic heterocycles. The number of anilines is 1. The standard InChI is InChI=1S/C10H14N4O3/c15-9-8(13-14-10(16)12-9)11-6-3-4-17-7(6)5-1-2-5/h5-7H,1-4H2,(H,11,13)(H2,12,14,15,16). The Balaban J connectivity index is 1.77. The van der Waals surface area contributed by atoms with E-state index in [9.17, 15) is 9.59 Å². The van der Waals surface area contributed by atoms with Crippen molar-refractivity contribution in [3.05, 3.63) is 20.8 Å². The van der Waals surface area contributed by atoms with Gasteiger partial charge in [0.2, 0.25) is 5.82 Å². The predicted molar refractivity (Wildman–Crippen MR) is 60.0 cm³/mol. The van der Waals surface area contributed by atoms with Gasteiger partial charge in [-0.15, -0.1) is 5.10 Å². The summed E-state index contributed by atoms with van der Waals surface area (Å²) in [6.45, 7) is 0.708. The van der Waals surface area contributed by atoms with Crippen LogP contribution in [-0.2, 0) is 4.74 Å². The second kappa shape index (κ2) is 3.99. The molecule has 1 saturated heterocycles. The van der Waals surface area contributed by atoms with Crippen LogP contribution in [0.3, 0.4) is 0 Å². The minimum absolute atomic E-state index is 0.113. The number of H-pyrrole nitrogens is 2. The molecule has 2 unspecified atom stereocenters. The number of aromatic amines is 2. The lowest BCUT2D eigenvalue weighted by molar-refractivity contribution is 0.0898. The van der Waals surface area contributed by atoms with Crippen molar-refractivity contribution in [3.8, 4) is 0 Å². The molecule has 1 aromatic rings. The summed E-state index contributed by atoms with van der Waals surface area (Å²) >= 11 is 0. The van der Waals surface area contributed by atoms with E-state index in [4.69, 9.17) is 4.74 Å². The van der Waals surface area contributed by atoms with Gasteiger partial charge in [0, 0.05) is 6.61 Å². The molecule has 2 heterocycles. The summed E-state index contributed by atoms with van der Waals surface area (Å²) in [6.07, 6.45) is 3.42. The van der Waals surface area contributed by atoms with Crippen LogP contribution in [-0.4, -0.2) is 33.9 Å². The maximum atomic E-state index is 11.5. The number of ether oxygens (including phenoxy) is 1. The summed E-state index contributed by atoms with van der Waals surface area (Å²) in [6, 6.07) is 0.113. The third kappa shape index (κ3) is 2.10. The van der Waals surface area contributed by atoms with Crippen molar-refractivity contribution in [2.45, 2.75) is 31.4 Å². The maximum absolute atomic E-state index is 11.5. The number of nitrogens with one attached hydrogen (secondary N) is 3. The van der Waals surface area contributed by atoms with Gasteiger partial charge in [0.05, 0.1) is 12.1 Å². The molecule has 2 fully saturated rings. The van der Waals surface area contributed by atoms with Crippen molar-refractivity contribution in [2.24, 2.45) is 5.92 Å². The topological polar surface area (TPSA) is 99.9 Å². The zero-order valence-corrected chi connectivity index (χ0v) is 9.23. The smallest absolute Gasteiger partial charge is 0.342 e. The fourth-order valence-corrected chi connectivity index (χ4v) is 2.28. The Labute approximate surface area is 96.6 Å². The lowest BCUT2D eigenvalue weighted by Gasteiger charge is -2.18. The zero-order valence-electron chi connectivity index (χ0n) is 9.23. The molecule has 0 bridgehead atoms. The molecule has 7 nitrogen and oxygen atoms in total. The molecule has 17 heavy (non-hydrogen) atoms. The third-order valence-corrected chi connectivity index (χ3v) is 3.26. The van der Waals surface area contributed by atoms with Gasteiger partial charge in [0.1, 0.15) is 0 Å². The molecule has 0 aromatic carbocycles. The Kier molecular flexibility index (Phi) is 2.47. The molecule has 1 saturated carbocycles. The van der Waals surface area contributed by atoms with Crippen molar-refractivity contribution in [3.63, 3.8) is 0 Å². The monoisotopic (exact) mass is 238 g/mol. The highest BCUT2D eigenvalue weighted by atomic mass is 16.5. The number of rotatable bonds is 3. The fraction of sp³-hybridized carbons (Fsp3) is 0.700. The van der Waals surface area contributed by atoms with Gasteiger partial charge in [-0.25, -0.2) is 9.89 Å². The summed E-state index contributed by atoms with van der Waals surface area (Å²) in [7, 11) is 0. The number of hydrogen-bond donors (Lipinski definition) is 3. The van der Waals surface area contributed by atoms with E-state index in [0.717, 1.165) is 6.42 Å². The van der Waals surface area contributed by atoms with E-state index in [1.54, 1.807) is 0 Å². The van der Waals surface area contributed by atoms with Gasteiger partial charge in [-0.05, 0) is 25.2 Å². The third-order valence-electron chi connectivity index (χ3n) is 3.26. The molecule has 1 aliphatic carbocycles. The van der Waals surface area contributed by atoms with Crippen LogP contribution in [0.1, 0.15) is 19.3 Å². The van der Waals surface area contributed by atoms with Gasteiger partial charge in [-0.1, -0.05) is 0 Å². The number of hydrogen-bond acceptors (Lipinski definition) is 5. The highest BCUT2D eigenvalue weighted by Crippen LogP contribution is 2.39. The van der Waals surface area contributed by atoms with Crippen LogP contribution in [0.25, 0.3) is 0 Å². The van der Waals surface area contributed by atoms with E-state index in [2.05, 4.69) is 20.5 Å². The summed E-state index contributed by atoms with van der Waals surface area (Å²) in [5.41, 5.74) is -1.09. The summed E-state index contributed by atoms with van der Waals surface area (Å²) in [5, 5.41) is 8.98. The van der Waals surface area contributed by atoms with Crippen molar-refractivity contribution < 1.29 is 4.74 Å². The fourth-order valence-electron chi connectivity index (χ4n) is 2.28. The van der Waals surface area contributed by atoms with Crippen molar-refractivity contribution in [1.29, 1.82) is 0 Å². The first-order valence-electron chi connectivity index (χ1n) is 5.81. The Bertz CT molecular complexity index is 519. The average molecular weight is 238 g/mol. The maximum Gasteiger partial charge on any atom is 0.342 e. The molecule has 3 N–H and O–H groups in total. The summed E-state index contributed by atoms with van der Waals surface area (Å²) in [4.78, 5) is 24.5. The summed E-state index contributed by atoms with van der Waals surface area (Å²) < 4.78 is 5.65. The summed E-state index contributed by atoms with van der Waals surface area (Å²) in [5.74, 6) is 0.766. The van der Waals surface area contributed by atoms with E-state index in [0.29, 0.717) is 12.5 Å². The normalized spacial score (nSPS) is 28.2. The molecular formula is C10H14N4O3. The highest BCUT2D eigenvalue weighted by Gasteiger charge is 2.40. The zero-order chi connectivity index (χ0) is 11.8. The van der Waals surface area contributed by atoms with Gasteiger partial charge in [-0.2, -0.15) is 0 Å². The molecule has 92 valence electrons. The van der Waals surface area contributed by atoms with Gasteiger partial charge in [-0.3, -0.25) is 9.78 Å². The van der Waals surface area contributed by atoms with Gasteiger partial charge in [0.25, 0.3) is 5.56 Å². The average Bonchev–Trinajstić information content (AvgIpc) is 3.03.